The van der Waals surface area contributed by atoms with E-state index in [4.69, 9.17) is 21.1 Å². The van der Waals surface area contributed by atoms with Crippen LogP contribution in [0.3, 0.4) is 0 Å². The summed E-state index contributed by atoms with van der Waals surface area (Å²) in [6.45, 7) is 0.570. The molecule has 1 aliphatic rings. The standard InChI is InChI=1S/C29H22ClF3N6O2/c1-40-23-9-5-19(6-10-23)16-38-17-25(20-3-2-4-21(13-20)29(31,32)33)39(28(38)37-18-34)26-14-36-27(15-35-26)41-24-11-7-22(30)8-12-24/h2-15,25H,16-17H2,1H3/b37-28-/t25-/m1/s1. The molecule has 41 heavy (non-hydrogen) atoms. The summed E-state index contributed by atoms with van der Waals surface area (Å²) in [5.41, 5.74) is 0.491. The summed E-state index contributed by atoms with van der Waals surface area (Å²) >= 11 is 5.93. The highest BCUT2D eigenvalue weighted by Crippen LogP contribution is 2.37. The maximum Gasteiger partial charge on any atom is 0.416 e. The van der Waals surface area contributed by atoms with Gasteiger partial charge in [-0.05, 0) is 59.7 Å². The first-order valence-electron chi connectivity index (χ1n) is 12.3. The van der Waals surface area contributed by atoms with Gasteiger partial charge in [-0.15, -0.1) is 4.99 Å². The van der Waals surface area contributed by atoms with Gasteiger partial charge in [0.1, 0.15) is 11.5 Å². The van der Waals surface area contributed by atoms with Crippen LogP contribution in [0.25, 0.3) is 0 Å². The molecular formula is C29H22ClF3N6O2. The van der Waals surface area contributed by atoms with E-state index in [0.717, 1.165) is 17.7 Å². The number of anilines is 1. The Balaban J connectivity index is 1.51. The molecule has 4 aromatic rings. The number of rotatable bonds is 7. The Kier molecular flexibility index (Phi) is 7.94. The SMILES string of the molecule is COc1ccc(CN2C[C@H](c3cccc(C(F)(F)F)c3)N(c3cnc(Oc4ccc(Cl)cc4)cn3)/C2=N\C#N)cc1. The van der Waals surface area contributed by atoms with Crippen LogP contribution in [0.15, 0.2) is 90.2 Å². The van der Waals surface area contributed by atoms with Gasteiger partial charge in [0.15, 0.2) is 5.82 Å². The van der Waals surface area contributed by atoms with Crippen LogP contribution in [-0.2, 0) is 12.7 Å². The Labute approximate surface area is 238 Å². The molecule has 2 heterocycles. The molecule has 1 fully saturated rings. The molecule has 0 saturated carbocycles. The van der Waals surface area contributed by atoms with Crippen LogP contribution in [-0.4, -0.2) is 34.5 Å². The van der Waals surface area contributed by atoms with E-state index in [1.54, 1.807) is 54.5 Å². The minimum Gasteiger partial charge on any atom is -0.497 e. The van der Waals surface area contributed by atoms with Crippen LogP contribution >= 0.6 is 11.6 Å². The summed E-state index contributed by atoms with van der Waals surface area (Å²) in [4.78, 5) is 16.3. The number of ether oxygens (including phenoxy) is 2. The molecule has 0 radical (unpaired) electrons. The molecule has 1 atom stereocenters. The van der Waals surface area contributed by atoms with Crippen LogP contribution < -0.4 is 14.4 Å². The van der Waals surface area contributed by atoms with Crippen molar-refractivity contribution in [1.29, 1.82) is 5.26 Å². The lowest BCUT2D eigenvalue weighted by molar-refractivity contribution is -0.137. The molecule has 0 N–H and O–H groups in total. The molecule has 5 rings (SSSR count). The van der Waals surface area contributed by atoms with Gasteiger partial charge in [0.05, 0.1) is 31.1 Å². The number of nitrogens with zero attached hydrogens (tertiary/aromatic N) is 6. The molecule has 12 heteroatoms. The highest BCUT2D eigenvalue weighted by Gasteiger charge is 2.40. The van der Waals surface area contributed by atoms with Crippen LogP contribution in [0.2, 0.25) is 5.02 Å². The molecule has 0 unspecified atom stereocenters. The Morgan fingerprint density at radius 1 is 1.02 bits per heavy atom. The third kappa shape index (κ3) is 6.34. The lowest BCUT2D eigenvalue weighted by Crippen LogP contribution is -2.34. The van der Waals surface area contributed by atoms with E-state index in [2.05, 4.69) is 15.0 Å². The minimum absolute atomic E-state index is 0.194. The van der Waals surface area contributed by atoms with Crippen molar-refractivity contribution in [2.75, 3.05) is 18.6 Å². The third-order valence-electron chi connectivity index (χ3n) is 6.38. The van der Waals surface area contributed by atoms with Crippen molar-refractivity contribution in [2.24, 2.45) is 4.99 Å². The molecule has 3 aromatic carbocycles. The summed E-state index contributed by atoms with van der Waals surface area (Å²) in [7, 11) is 1.57. The fourth-order valence-corrected chi connectivity index (χ4v) is 4.59. The van der Waals surface area contributed by atoms with Gasteiger partial charge in [0.2, 0.25) is 18.0 Å². The number of halogens is 4. The number of hydrogen-bond acceptors (Lipinski definition) is 6. The predicted molar refractivity (Wildman–Crippen MR) is 147 cm³/mol. The van der Waals surface area contributed by atoms with Gasteiger partial charge in [0.25, 0.3) is 0 Å². The average molecular weight is 579 g/mol. The number of guanidine groups is 1. The van der Waals surface area contributed by atoms with E-state index in [1.165, 1.54) is 18.5 Å². The first-order chi connectivity index (χ1) is 19.7. The van der Waals surface area contributed by atoms with E-state index >= 15 is 0 Å². The average Bonchev–Trinajstić information content (AvgIpc) is 3.32. The molecule has 0 spiro atoms. The topological polar surface area (TPSA) is 86.9 Å². The highest BCUT2D eigenvalue weighted by molar-refractivity contribution is 6.30. The largest absolute Gasteiger partial charge is 0.497 e. The lowest BCUT2D eigenvalue weighted by atomic mass is 10.0. The number of methoxy groups -OCH3 is 1. The van der Waals surface area contributed by atoms with Crippen molar-refractivity contribution < 1.29 is 22.6 Å². The zero-order chi connectivity index (χ0) is 29.0. The monoisotopic (exact) mass is 578 g/mol. The summed E-state index contributed by atoms with van der Waals surface area (Å²) in [6, 6.07) is 18.5. The van der Waals surface area contributed by atoms with Crippen molar-refractivity contribution in [2.45, 2.75) is 18.8 Å². The van der Waals surface area contributed by atoms with Gasteiger partial charge in [-0.25, -0.2) is 9.97 Å². The van der Waals surface area contributed by atoms with Gasteiger partial charge >= 0.3 is 6.18 Å². The fourth-order valence-electron chi connectivity index (χ4n) is 4.47. The number of hydrogen-bond donors (Lipinski definition) is 0. The Bertz CT molecular complexity index is 1570. The van der Waals surface area contributed by atoms with Crippen molar-refractivity contribution in [3.63, 3.8) is 0 Å². The summed E-state index contributed by atoms with van der Waals surface area (Å²) in [5.74, 6) is 1.88. The summed E-state index contributed by atoms with van der Waals surface area (Å²) < 4.78 is 51.8. The van der Waals surface area contributed by atoms with Crippen molar-refractivity contribution in [1.82, 2.24) is 14.9 Å². The minimum atomic E-state index is -4.52. The van der Waals surface area contributed by atoms with E-state index < -0.39 is 17.8 Å². The Morgan fingerprint density at radius 2 is 1.76 bits per heavy atom. The van der Waals surface area contributed by atoms with E-state index in [0.29, 0.717) is 28.6 Å². The van der Waals surface area contributed by atoms with Crippen LogP contribution in [0, 0.1) is 11.5 Å². The highest BCUT2D eigenvalue weighted by atomic mass is 35.5. The number of alkyl halides is 3. The molecule has 0 amide bonds. The van der Waals surface area contributed by atoms with E-state index in [-0.39, 0.29) is 24.2 Å². The van der Waals surface area contributed by atoms with Gasteiger partial charge in [-0.1, -0.05) is 35.9 Å². The quantitative estimate of drug-likeness (QED) is 0.222. The van der Waals surface area contributed by atoms with Crippen molar-refractivity contribution in [3.05, 3.63) is 107 Å². The van der Waals surface area contributed by atoms with Crippen LogP contribution in [0.1, 0.15) is 22.7 Å². The molecule has 208 valence electrons. The number of nitriles is 1. The second kappa shape index (κ2) is 11.7. The van der Waals surface area contributed by atoms with Crippen LogP contribution in [0.5, 0.6) is 17.4 Å². The van der Waals surface area contributed by atoms with Crippen LogP contribution in [0.4, 0.5) is 19.0 Å². The van der Waals surface area contributed by atoms with E-state index in [1.807, 2.05) is 23.2 Å². The second-order valence-corrected chi connectivity index (χ2v) is 9.45. The summed E-state index contributed by atoms with van der Waals surface area (Å²) in [6.07, 6.45) is 0.117. The smallest absolute Gasteiger partial charge is 0.416 e. The van der Waals surface area contributed by atoms with Gasteiger partial charge in [-0.3, -0.25) is 4.90 Å². The molecular weight excluding hydrogens is 557 g/mol. The number of benzene rings is 3. The second-order valence-electron chi connectivity index (χ2n) is 9.02. The Morgan fingerprint density at radius 3 is 2.39 bits per heavy atom. The maximum absolute atomic E-state index is 13.6. The first kappa shape index (κ1) is 27.7. The maximum atomic E-state index is 13.6. The van der Waals surface area contributed by atoms with Gasteiger partial charge in [-0.2, -0.15) is 18.4 Å². The van der Waals surface area contributed by atoms with Crippen molar-refractivity contribution in [3.8, 4) is 23.6 Å². The molecule has 1 aromatic heterocycles. The fraction of sp³-hybridized carbons (Fsp3) is 0.172. The Hall–Kier alpha value is -4.82. The molecule has 0 bridgehead atoms. The number of aliphatic imine (C=N–C) groups is 1. The normalized spacial score (nSPS) is 16.1. The summed E-state index contributed by atoms with van der Waals surface area (Å²) in [5, 5.41) is 10.1. The predicted octanol–water partition coefficient (Wildman–Crippen LogP) is 6.85. The zero-order valence-corrected chi connectivity index (χ0v) is 22.3. The van der Waals surface area contributed by atoms with Gasteiger partial charge in [0, 0.05) is 18.1 Å². The van der Waals surface area contributed by atoms with Crippen molar-refractivity contribution >= 4 is 23.4 Å². The third-order valence-corrected chi connectivity index (χ3v) is 6.63. The zero-order valence-electron chi connectivity index (χ0n) is 21.6. The molecule has 1 saturated heterocycles. The first-order valence-corrected chi connectivity index (χ1v) is 12.7. The number of aromatic nitrogens is 2. The van der Waals surface area contributed by atoms with Gasteiger partial charge < -0.3 is 14.4 Å². The lowest BCUT2D eigenvalue weighted by Gasteiger charge is -2.25. The van der Waals surface area contributed by atoms with E-state index in [9.17, 15) is 18.4 Å². The molecule has 0 aliphatic carbocycles. The molecule has 8 nitrogen and oxygen atoms in total. The molecule has 1 aliphatic heterocycles.